The molecule has 0 spiro atoms. The summed E-state index contributed by atoms with van der Waals surface area (Å²) in [5, 5.41) is 9.59. The Hall–Kier alpha value is -0.950. The third-order valence-corrected chi connectivity index (χ3v) is 5.00. The predicted octanol–water partition coefficient (Wildman–Crippen LogP) is 1.50. The molecule has 0 saturated carbocycles. The Bertz CT molecular complexity index is 641. The van der Waals surface area contributed by atoms with E-state index in [0.717, 1.165) is 0 Å². The van der Waals surface area contributed by atoms with Crippen molar-refractivity contribution in [1.29, 1.82) is 0 Å². The van der Waals surface area contributed by atoms with Crippen LogP contribution in [0.15, 0.2) is 30.3 Å². The molecule has 23 heavy (non-hydrogen) atoms. The van der Waals surface area contributed by atoms with E-state index in [1.165, 1.54) is 0 Å². The first-order chi connectivity index (χ1) is 11.9. The van der Waals surface area contributed by atoms with E-state index in [4.69, 9.17) is 13.6 Å². The molecule has 6 heteroatoms. The van der Waals surface area contributed by atoms with E-state index < -0.39 is 18.9 Å². The molecule has 0 aromatic heterocycles. The van der Waals surface area contributed by atoms with E-state index in [1.54, 1.807) is 17.0 Å². The van der Waals surface area contributed by atoms with Crippen molar-refractivity contribution in [3.05, 3.63) is 35.9 Å². The van der Waals surface area contributed by atoms with Gasteiger partial charge in [0.05, 0.1) is 6.61 Å². The van der Waals surface area contributed by atoms with Gasteiger partial charge in [0.2, 0.25) is 0 Å². The number of morpholine rings is 1. The highest BCUT2D eigenvalue weighted by Crippen LogP contribution is 2.48. The van der Waals surface area contributed by atoms with Gasteiger partial charge in [0.25, 0.3) is 0 Å². The van der Waals surface area contributed by atoms with E-state index in [1.807, 2.05) is 18.2 Å². The molecule has 1 aromatic rings. The molecule has 1 N–H and O–H groups in total. The average molecular weight is 387 g/mol. The summed E-state index contributed by atoms with van der Waals surface area (Å²) in [6.07, 6.45) is 0.452. The normalized spacial score (nSPS) is 38.3. The van der Waals surface area contributed by atoms with Gasteiger partial charge in [-0.25, -0.2) is 0 Å². The summed E-state index contributed by atoms with van der Waals surface area (Å²) in [6.45, 7) is -2.48. The SMILES string of the molecule is Br.[2H]C([2H])([2H])N1C2CC(OC(=O)[C@H](CO)c3ccccc3)CC1[C@@H]1OC21. The first kappa shape index (κ1) is 13.4. The fourth-order valence-corrected chi connectivity index (χ4v) is 3.79. The number of nitrogens with zero attached hydrogens (tertiary/aromatic N) is 1. The molecule has 4 unspecified atom stereocenters. The molecule has 126 valence electrons. The van der Waals surface area contributed by atoms with E-state index in [2.05, 4.69) is 0 Å². The number of rotatable bonds is 4. The van der Waals surface area contributed by atoms with Gasteiger partial charge in [0, 0.05) is 29.0 Å². The van der Waals surface area contributed by atoms with Crippen LogP contribution in [-0.2, 0) is 14.3 Å². The van der Waals surface area contributed by atoms with Crippen LogP contribution in [0, 0.1) is 0 Å². The van der Waals surface area contributed by atoms with Gasteiger partial charge in [-0.2, -0.15) is 0 Å². The zero-order valence-electron chi connectivity index (χ0n) is 15.5. The van der Waals surface area contributed by atoms with Gasteiger partial charge in [0.15, 0.2) is 0 Å². The van der Waals surface area contributed by atoms with Crippen molar-refractivity contribution in [2.45, 2.75) is 49.2 Å². The Morgan fingerprint density at radius 2 is 2.04 bits per heavy atom. The maximum absolute atomic E-state index is 12.5. The number of carbonyl (C=O) groups excluding carboxylic acids is 1. The molecular formula is C17H22BrNO4. The van der Waals surface area contributed by atoms with Crippen LogP contribution >= 0.6 is 17.0 Å². The lowest BCUT2D eigenvalue weighted by Crippen LogP contribution is -2.48. The van der Waals surface area contributed by atoms with Gasteiger partial charge >= 0.3 is 5.97 Å². The summed E-state index contributed by atoms with van der Waals surface area (Å²) in [4.78, 5) is 14.1. The Kier molecular flexibility index (Phi) is 3.78. The Balaban J connectivity index is 0.00000196. The van der Waals surface area contributed by atoms with Crippen molar-refractivity contribution in [1.82, 2.24) is 4.90 Å². The minimum atomic E-state index is -2.15. The van der Waals surface area contributed by atoms with Gasteiger partial charge in [0.1, 0.15) is 24.2 Å². The number of halogens is 1. The molecule has 0 radical (unpaired) electrons. The van der Waals surface area contributed by atoms with Crippen LogP contribution in [0.3, 0.4) is 0 Å². The lowest BCUT2D eigenvalue weighted by atomic mass is 9.97. The molecule has 0 amide bonds. The van der Waals surface area contributed by atoms with E-state index in [-0.39, 0.29) is 54.0 Å². The lowest BCUT2D eigenvalue weighted by molar-refractivity contribution is -0.156. The first-order valence-corrected chi connectivity index (χ1v) is 7.70. The number of fused-ring (bicyclic) bond motifs is 5. The Morgan fingerprint density at radius 3 is 2.61 bits per heavy atom. The van der Waals surface area contributed by atoms with Gasteiger partial charge in [-0.05, 0) is 12.5 Å². The second kappa shape index (κ2) is 6.51. The number of ether oxygens (including phenoxy) is 2. The number of aliphatic hydroxyl groups excluding tert-OH is 1. The van der Waals surface area contributed by atoms with Gasteiger partial charge in [-0.1, -0.05) is 30.3 Å². The molecule has 3 aliphatic heterocycles. The van der Waals surface area contributed by atoms with Gasteiger partial charge < -0.3 is 14.6 Å². The smallest absolute Gasteiger partial charge is 0.316 e. The second-order valence-corrected chi connectivity index (χ2v) is 6.28. The van der Waals surface area contributed by atoms with E-state index in [9.17, 15) is 9.90 Å². The molecule has 3 heterocycles. The van der Waals surface area contributed by atoms with Crippen LogP contribution < -0.4 is 0 Å². The molecule has 6 atom stereocenters. The quantitative estimate of drug-likeness (QED) is 0.627. The standard InChI is InChI=1S/C17H21NO4.BrH/c1-18-13-7-11(8-14(18)16-15(13)22-16)21-17(20)12(9-19)10-5-3-2-4-6-10;/h2-6,11-16,19H,7-9H2,1H3;1H/t11?,12-,13?,14?,15+,16?;/m1./s1/i1D3;. The summed E-state index contributed by atoms with van der Waals surface area (Å²) in [7, 11) is 0. The maximum atomic E-state index is 12.5. The highest BCUT2D eigenvalue weighted by molar-refractivity contribution is 8.93. The summed E-state index contributed by atoms with van der Waals surface area (Å²) in [5.41, 5.74) is 0.712. The molecular weight excluding hydrogens is 362 g/mol. The Labute approximate surface area is 150 Å². The largest absolute Gasteiger partial charge is 0.462 e. The van der Waals surface area contributed by atoms with Crippen molar-refractivity contribution in [2.75, 3.05) is 13.6 Å². The van der Waals surface area contributed by atoms with Gasteiger partial charge in [-0.3, -0.25) is 9.69 Å². The molecule has 2 bridgehead atoms. The van der Waals surface area contributed by atoms with Crippen LogP contribution in [0.2, 0.25) is 0 Å². The van der Waals surface area contributed by atoms with Crippen LogP contribution in [0.5, 0.6) is 0 Å². The molecule has 5 nitrogen and oxygen atoms in total. The van der Waals surface area contributed by atoms with Crippen molar-refractivity contribution in [3.8, 4) is 0 Å². The number of piperidine rings is 1. The molecule has 1 aromatic carbocycles. The van der Waals surface area contributed by atoms with Crippen LogP contribution in [-0.4, -0.2) is 60.0 Å². The molecule has 3 fully saturated rings. The van der Waals surface area contributed by atoms with E-state index >= 15 is 0 Å². The van der Waals surface area contributed by atoms with Crippen LogP contribution in [0.1, 0.15) is 28.4 Å². The third kappa shape index (κ3) is 2.93. The number of hydrogen-bond acceptors (Lipinski definition) is 5. The number of benzene rings is 1. The number of epoxide rings is 1. The highest BCUT2D eigenvalue weighted by Gasteiger charge is 2.62. The van der Waals surface area contributed by atoms with Crippen molar-refractivity contribution in [2.24, 2.45) is 0 Å². The molecule has 4 rings (SSSR count). The van der Waals surface area contributed by atoms with Crippen molar-refractivity contribution in [3.63, 3.8) is 0 Å². The monoisotopic (exact) mass is 386 g/mol. The summed E-state index contributed by atoms with van der Waals surface area (Å²) in [6, 6.07) is 8.56. The summed E-state index contributed by atoms with van der Waals surface area (Å²) >= 11 is 0. The number of carbonyl (C=O) groups is 1. The minimum absolute atomic E-state index is 0. The molecule has 0 aliphatic carbocycles. The number of aliphatic hydroxyl groups is 1. The average Bonchev–Trinajstić information content (AvgIpc) is 3.31. The fraction of sp³-hybridized carbons (Fsp3) is 0.588. The topological polar surface area (TPSA) is 62.3 Å². The molecule has 3 aliphatic rings. The number of likely N-dealkylation sites (N-methyl/N-ethyl adjacent to an activating group) is 1. The van der Waals surface area contributed by atoms with Crippen LogP contribution in [0.25, 0.3) is 0 Å². The van der Waals surface area contributed by atoms with Crippen LogP contribution in [0.4, 0.5) is 0 Å². The zero-order valence-corrected chi connectivity index (χ0v) is 14.2. The fourth-order valence-electron chi connectivity index (χ4n) is 3.79. The Morgan fingerprint density at radius 1 is 1.39 bits per heavy atom. The van der Waals surface area contributed by atoms with Gasteiger partial charge in [-0.15, -0.1) is 17.0 Å². The number of esters is 1. The summed E-state index contributed by atoms with van der Waals surface area (Å²) < 4.78 is 34.4. The van der Waals surface area contributed by atoms with Crippen molar-refractivity contribution < 1.29 is 23.5 Å². The highest BCUT2D eigenvalue weighted by atomic mass is 79.9. The minimum Gasteiger partial charge on any atom is -0.462 e. The third-order valence-electron chi connectivity index (χ3n) is 5.00. The maximum Gasteiger partial charge on any atom is 0.316 e. The van der Waals surface area contributed by atoms with E-state index in [0.29, 0.717) is 18.4 Å². The predicted molar refractivity (Wildman–Crippen MR) is 89.7 cm³/mol. The molecule has 3 saturated heterocycles. The summed E-state index contributed by atoms with van der Waals surface area (Å²) in [5.74, 6) is -1.18. The van der Waals surface area contributed by atoms with Crippen molar-refractivity contribution >= 4 is 23.0 Å². The first-order valence-electron chi connectivity index (χ1n) is 9.20. The number of hydrogen-bond donors (Lipinski definition) is 1. The lowest BCUT2D eigenvalue weighted by Gasteiger charge is -2.38. The second-order valence-electron chi connectivity index (χ2n) is 6.28. The zero-order chi connectivity index (χ0) is 17.8.